The van der Waals surface area contributed by atoms with Crippen molar-refractivity contribution in [2.24, 2.45) is 5.41 Å². The zero-order valence-electron chi connectivity index (χ0n) is 12.2. The molecule has 0 saturated heterocycles. The van der Waals surface area contributed by atoms with Gasteiger partial charge in [0.05, 0.1) is 0 Å². The lowest BCUT2D eigenvalue weighted by atomic mass is 9.66. The molecule has 102 valence electrons. The third kappa shape index (κ3) is 5.90. The Hall–Kier alpha value is -0.0400. The highest BCUT2D eigenvalue weighted by molar-refractivity contribution is 4.89. The van der Waals surface area contributed by atoms with Crippen LogP contribution in [0.3, 0.4) is 0 Å². The van der Waals surface area contributed by atoms with Gasteiger partial charge in [0, 0.05) is 6.54 Å². The van der Waals surface area contributed by atoms with Crippen molar-refractivity contribution < 1.29 is 0 Å². The van der Waals surface area contributed by atoms with Crippen LogP contribution in [0.15, 0.2) is 0 Å². The van der Waals surface area contributed by atoms with E-state index in [1.54, 1.807) is 0 Å². The standard InChI is InChI=1S/C16H33N/c1-3-5-6-7-8-9-10-12-16(13-11-14-16)15-17-4-2/h17H,3-15H2,1-2H3. The van der Waals surface area contributed by atoms with Crippen LogP contribution in [0.25, 0.3) is 0 Å². The summed E-state index contributed by atoms with van der Waals surface area (Å²) in [4.78, 5) is 0. The molecule has 1 aliphatic rings. The fraction of sp³-hybridized carbons (Fsp3) is 1.00. The second-order valence-corrected chi connectivity index (χ2v) is 6.01. The van der Waals surface area contributed by atoms with Crippen molar-refractivity contribution in [3.05, 3.63) is 0 Å². The zero-order valence-corrected chi connectivity index (χ0v) is 12.2. The van der Waals surface area contributed by atoms with Gasteiger partial charge in [0.15, 0.2) is 0 Å². The van der Waals surface area contributed by atoms with E-state index in [4.69, 9.17) is 0 Å². The van der Waals surface area contributed by atoms with E-state index in [1.165, 1.54) is 77.2 Å². The molecule has 0 aliphatic heterocycles. The molecule has 0 bridgehead atoms. The number of rotatable bonds is 11. The molecule has 1 rings (SSSR count). The van der Waals surface area contributed by atoms with Crippen molar-refractivity contribution in [1.29, 1.82) is 0 Å². The predicted octanol–water partition coefficient (Wildman–Crippen LogP) is 4.91. The van der Waals surface area contributed by atoms with Crippen molar-refractivity contribution in [1.82, 2.24) is 5.32 Å². The number of hydrogen-bond donors (Lipinski definition) is 1. The lowest BCUT2D eigenvalue weighted by Gasteiger charge is -2.42. The van der Waals surface area contributed by atoms with E-state index in [1.807, 2.05) is 0 Å². The van der Waals surface area contributed by atoms with Gasteiger partial charge in [-0.25, -0.2) is 0 Å². The van der Waals surface area contributed by atoms with Crippen LogP contribution < -0.4 is 5.32 Å². The minimum atomic E-state index is 0.708. The summed E-state index contributed by atoms with van der Waals surface area (Å²) in [6.07, 6.45) is 16.1. The summed E-state index contributed by atoms with van der Waals surface area (Å²) in [6, 6.07) is 0. The number of unbranched alkanes of at least 4 members (excludes halogenated alkanes) is 6. The Morgan fingerprint density at radius 3 is 2.06 bits per heavy atom. The first-order valence-corrected chi connectivity index (χ1v) is 8.04. The molecule has 0 aromatic carbocycles. The fourth-order valence-corrected chi connectivity index (χ4v) is 3.04. The molecule has 0 heterocycles. The maximum atomic E-state index is 3.56. The van der Waals surface area contributed by atoms with Crippen molar-refractivity contribution >= 4 is 0 Å². The Kier molecular flexibility index (Phi) is 7.92. The van der Waals surface area contributed by atoms with Crippen LogP contribution in [-0.4, -0.2) is 13.1 Å². The molecule has 0 aromatic heterocycles. The summed E-state index contributed by atoms with van der Waals surface area (Å²) < 4.78 is 0. The second-order valence-electron chi connectivity index (χ2n) is 6.01. The van der Waals surface area contributed by atoms with Crippen LogP contribution in [-0.2, 0) is 0 Å². The third-order valence-corrected chi connectivity index (χ3v) is 4.47. The summed E-state index contributed by atoms with van der Waals surface area (Å²) in [6.45, 7) is 6.93. The molecule has 0 amide bonds. The number of nitrogens with one attached hydrogen (secondary N) is 1. The molecule has 0 unspecified atom stereocenters. The van der Waals surface area contributed by atoms with Gasteiger partial charge in [0.2, 0.25) is 0 Å². The second kappa shape index (κ2) is 8.97. The van der Waals surface area contributed by atoms with Gasteiger partial charge in [-0.2, -0.15) is 0 Å². The Balaban J connectivity index is 1.96. The highest BCUT2D eigenvalue weighted by atomic mass is 14.9. The summed E-state index contributed by atoms with van der Waals surface area (Å²) >= 11 is 0. The Morgan fingerprint density at radius 2 is 1.53 bits per heavy atom. The van der Waals surface area contributed by atoms with Gasteiger partial charge >= 0.3 is 0 Å². The van der Waals surface area contributed by atoms with Crippen molar-refractivity contribution in [2.75, 3.05) is 13.1 Å². The average Bonchev–Trinajstić information content (AvgIpc) is 2.30. The molecule has 0 spiro atoms. The molecular weight excluding hydrogens is 206 g/mol. The van der Waals surface area contributed by atoms with Gasteiger partial charge in [-0.3, -0.25) is 0 Å². The lowest BCUT2D eigenvalue weighted by molar-refractivity contribution is 0.113. The SMILES string of the molecule is CCCCCCCCCC1(CNCC)CCC1. The van der Waals surface area contributed by atoms with E-state index in [-0.39, 0.29) is 0 Å². The van der Waals surface area contributed by atoms with Crippen LogP contribution in [0.5, 0.6) is 0 Å². The fourth-order valence-electron chi connectivity index (χ4n) is 3.04. The first-order valence-electron chi connectivity index (χ1n) is 8.04. The summed E-state index contributed by atoms with van der Waals surface area (Å²) in [5.74, 6) is 0. The van der Waals surface area contributed by atoms with E-state index < -0.39 is 0 Å². The Labute approximate surface area is 109 Å². The Bertz CT molecular complexity index is 172. The van der Waals surface area contributed by atoms with E-state index >= 15 is 0 Å². The topological polar surface area (TPSA) is 12.0 Å². The van der Waals surface area contributed by atoms with E-state index in [0.29, 0.717) is 5.41 Å². The molecule has 0 atom stereocenters. The highest BCUT2D eigenvalue weighted by Crippen LogP contribution is 2.44. The van der Waals surface area contributed by atoms with Crippen molar-refractivity contribution in [2.45, 2.75) is 84.5 Å². The smallest absolute Gasteiger partial charge is 0.000769 e. The molecule has 0 aromatic rings. The van der Waals surface area contributed by atoms with E-state index in [9.17, 15) is 0 Å². The summed E-state index contributed by atoms with van der Waals surface area (Å²) in [5, 5.41) is 3.56. The van der Waals surface area contributed by atoms with Crippen LogP contribution in [0.4, 0.5) is 0 Å². The summed E-state index contributed by atoms with van der Waals surface area (Å²) in [5.41, 5.74) is 0.708. The van der Waals surface area contributed by atoms with E-state index in [2.05, 4.69) is 19.2 Å². The van der Waals surface area contributed by atoms with Crippen LogP contribution in [0, 0.1) is 5.41 Å². The van der Waals surface area contributed by atoms with Gasteiger partial charge in [0.1, 0.15) is 0 Å². The first kappa shape index (κ1) is 15.0. The predicted molar refractivity (Wildman–Crippen MR) is 77.4 cm³/mol. The number of hydrogen-bond acceptors (Lipinski definition) is 1. The quantitative estimate of drug-likeness (QED) is 0.505. The van der Waals surface area contributed by atoms with Gasteiger partial charge in [-0.05, 0) is 31.2 Å². The van der Waals surface area contributed by atoms with Gasteiger partial charge in [-0.1, -0.05) is 65.2 Å². The monoisotopic (exact) mass is 239 g/mol. The van der Waals surface area contributed by atoms with Crippen LogP contribution >= 0.6 is 0 Å². The third-order valence-electron chi connectivity index (χ3n) is 4.47. The molecule has 1 saturated carbocycles. The van der Waals surface area contributed by atoms with Crippen LogP contribution in [0.1, 0.15) is 84.5 Å². The molecule has 1 nitrogen and oxygen atoms in total. The Morgan fingerprint density at radius 1 is 0.882 bits per heavy atom. The van der Waals surface area contributed by atoms with E-state index in [0.717, 1.165) is 6.54 Å². The van der Waals surface area contributed by atoms with Crippen molar-refractivity contribution in [3.8, 4) is 0 Å². The minimum Gasteiger partial charge on any atom is -0.316 e. The zero-order chi connectivity index (χ0) is 12.4. The van der Waals surface area contributed by atoms with Crippen LogP contribution in [0.2, 0.25) is 0 Å². The molecular formula is C16H33N. The molecule has 1 heteroatoms. The largest absolute Gasteiger partial charge is 0.316 e. The van der Waals surface area contributed by atoms with Gasteiger partial charge < -0.3 is 5.32 Å². The average molecular weight is 239 g/mol. The molecule has 1 aliphatic carbocycles. The molecule has 0 radical (unpaired) electrons. The minimum absolute atomic E-state index is 0.708. The molecule has 1 fully saturated rings. The van der Waals surface area contributed by atoms with Crippen molar-refractivity contribution in [3.63, 3.8) is 0 Å². The van der Waals surface area contributed by atoms with Gasteiger partial charge in [-0.15, -0.1) is 0 Å². The maximum absolute atomic E-state index is 3.56. The normalized spacial score (nSPS) is 18.0. The lowest BCUT2D eigenvalue weighted by Crippen LogP contribution is -2.39. The maximum Gasteiger partial charge on any atom is 0.000769 e. The van der Waals surface area contributed by atoms with Gasteiger partial charge in [0.25, 0.3) is 0 Å². The molecule has 17 heavy (non-hydrogen) atoms. The highest BCUT2D eigenvalue weighted by Gasteiger charge is 2.35. The molecule has 1 N–H and O–H groups in total. The summed E-state index contributed by atoms with van der Waals surface area (Å²) in [7, 11) is 0. The first-order chi connectivity index (χ1) is 8.33.